The SMILES string of the molecule is N#CC1(CCCl)CCc2ccccc2C1. The molecule has 1 aromatic rings. The summed E-state index contributed by atoms with van der Waals surface area (Å²) in [5, 5.41) is 9.29. The standard InChI is InChI=1S/C13H14ClN/c14-8-7-13(10-15)6-5-11-3-1-2-4-12(11)9-13/h1-4H,5-9H2. The molecule has 1 unspecified atom stereocenters. The van der Waals surface area contributed by atoms with E-state index in [2.05, 4.69) is 24.3 Å². The molecule has 1 aliphatic carbocycles. The Balaban J connectivity index is 2.28. The van der Waals surface area contributed by atoms with Crippen LogP contribution in [0.5, 0.6) is 0 Å². The molecule has 2 heteroatoms. The van der Waals surface area contributed by atoms with Crippen molar-refractivity contribution in [3.63, 3.8) is 0 Å². The van der Waals surface area contributed by atoms with Crippen molar-refractivity contribution in [2.75, 3.05) is 5.88 Å². The predicted molar refractivity (Wildman–Crippen MR) is 61.9 cm³/mol. The van der Waals surface area contributed by atoms with E-state index in [1.807, 2.05) is 6.07 Å². The third-order valence-corrected chi connectivity index (χ3v) is 3.52. The molecule has 1 atom stereocenters. The summed E-state index contributed by atoms with van der Waals surface area (Å²) in [5.74, 6) is 0.579. The van der Waals surface area contributed by atoms with Gasteiger partial charge in [-0.1, -0.05) is 24.3 Å². The van der Waals surface area contributed by atoms with Gasteiger partial charge in [0.1, 0.15) is 0 Å². The summed E-state index contributed by atoms with van der Waals surface area (Å²) >= 11 is 5.78. The van der Waals surface area contributed by atoms with Crippen LogP contribution < -0.4 is 0 Å². The van der Waals surface area contributed by atoms with Crippen LogP contribution in [0.3, 0.4) is 0 Å². The average Bonchev–Trinajstić information content (AvgIpc) is 2.29. The van der Waals surface area contributed by atoms with Crippen LogP contribution in [0, 0.1) is 16.7 Å². The molecular weight excluding hydrogens is 206 g/mol. The second-order valence-corrected chi connectivity index (χ2v) is 4.65. The van der Waals surface area contributed by atoms with Gasteiger partial charge in [-0.3, -0.25) is 0 Å². The van der Waals surface area contributed by atoms with Crippen molar-refractivity contribution in [3.05, 3.63) is 35.4 Å². The molecule has 0 saturated carbocycles. The van der Waals surface area contributed by atoms with Gasteiger partial charge in [0.05, 0.1) is 11.5 Å². The van der Waals surface area contributed by atoms with Crippen molar-refractivity contribution in [3.8, 4) is 6.07 Å². The number of fused-ring (bicyclic) bond motifs is 1. The number of rotatable bonds is 2. The van der Waals surface area contributed by atoms with Crippen molar-refractivity contribution < 1.29 is 0 Å². The molecule has 0 fully saturated rings. The second-order valence-electron chi connectivity index (χ2n) is 4.28. The Kier molecular flexibility index (Phi) is 2.98. The van der Waals surface area contributed by atoms with Gasteiger partial charge in [-0.25, -0.2) is 0 Å². The van der Waals surface area contributed by atoms with Gasteiger partial charge in [-0.15, -0.1) is 11.6 Å². The van der Waals surface area contributed by atoms with Crippen LogP contribution in [-0.4, -0.2) is 5.88 Å². The van der Waals surface area contributed by atoms with E-state index < -0.39 is 0 Å². The first-order chi connectivity index (χ1) is 7.29. The Bertz CT molecular complexity index is 394. The highest BCUT2D eigenvalue weighted by Gasteiger charge is 2.33. The largest absolute Gasteiger partial charge is 0.198 e. The van der Waals surface area contributed by atoms with E-state index in [1.54, 1.807) is 0 Å². The molecule has 0 spiro atoms. The van der Waals surface area contributed by atoms with Crippen molar-refractivity contribution in [1.82, 2.24) is 0 Å². The van der Waals surface area contributed by atoms with Crippen molar-refractivity contribution in [2.45, 2.75) is 25.7 Å². The van der Waals surface area contributed by atoms with Crippen LogP contribution in [-0.2, 0) is 12.8 Å². The molecule has 0 N–H and O–H groups in total. The lowest BCUT2D eigenvalue weighted by Gasteiger charge is -2.31. The molecular formula is C13H14ClN. The van der Waals surface area contributed by atoms with E-state index in [0.717, 1.165) is 25.7 Å². The quantitative estimate of drug-likeness (QED) is 0.701. The molecule has 78 valence electrons. The van der Waals surface area contributed by atoms with E-state index in [1.165, 1.54) is 11.1 Å². The molecule has 0 amide bonds. The second kappa shape index (κ2) is 4.24. The fourth-order valence-electron chi connectivity index (χ4n) is 2.35. The highest BCUT2D eigenvalue weighted by atomic mass is 35.5. The van der Waals surface area contributed by atoms with Crippen molar-refractivity contribution >= 4 is 11.6 Å². The number of alkyl halides is 1. The maximum atomic E-state index is 9.29. The summed E-state index contributed by atoms with van der Waals surface area (Å²) in [6.07, 6.45) is 3.64. The normalized spacial score (nSPS) is 24.3. The summed E-state index contributed by atoms with van der Waals surface area (Å²) in [6.45, 7) is 0. The maximum absolute atomic E-state index is 9.29. The Hall–Kier alpha value is -1.00. The summed E-state index contributed by atoms with van der Waals surface area (Å²) < 4.78 is 0. The van der Waals surface area contributed by atoms with E-state index in [0.29, 0.717) is 5.88 Å². The molecule has 0 bridgehead atoms. The van der Waals surface area contributed by atoms with Gasteiger partial charge in [-0.2, -0.15) is 5.26 Å². The Morgan fingerprint density at radius 1 is 1.33 bits per heavy atom. The lowest BCUT2D eigenvalue weighted by molar-refractivity contribution is 0.332. The van der Waals surface area contributed by atoms with Gasteiger partial charge in [0.25, 0.3) is 0 Å². The van der Waals surface area contributed by atoms with Crippen LogP contribution in [0.1, 0.15) is 24.0 Å². The van der Waals surface area contributed by atoms with Gasteiger partial charge in [-0.05, 0) is 36.8 Å². The lowest BCUT2D eigenvalue weighted by Crippen LogP contribution is -2.27. The first-order valence-corrected chi connectivity index (χ1v) is 5.87. The predicted octanol–water partition coefficient (Wildman–Crippen LogP) is 3.31. The molecule has 1 aliphatic rings. The minimum atomic E-state index is -0.212. The van der Waals surface area contributed by atoms with Crippen LogP contribution in [0.25, 0.3) is 0 Å². The minimum absolute atomic E-state index is 0.212. The average molecular weight is 220 g/mol. The van der Waals surface area contributed by atoms with Crippen molar-refractivity contribution in [1.29, 1.82) is 5.26 Å². The zero-order chi connectivity index (χ0) is 10.7. The minimum Gasteiger partial charge on any atom is -0.198 e. The molecule has 0 radical (unpaired) electrons. The van der Waals surface area contributed by atoms with Crippen molar-refractivity contribution in [2.24, 2.45) is 5.41 Å². The number of hydrogen-bond donors (Lipinski definition) is 0. The fraction of sp³-hybridized carbons (Fsp3) is 0.462. The van der Waals surface area contributed by atoms with Crippen LogP contribution >= 0.6 is 11.6 Å². The molecule has 0 aromatic heterocycles. The number of nitrogens with zero attached hydrogens (tertiary/aromatic N) is 1. The number of hydrogen-bond acceptors (Lipinski definition) is 1. The zero-order valence-electron chi connectivity index (χ0n) is 8.67. The molecule has 0 saturated heterocycles. The summed E-state index contributed by atoms with van der Waals surface area (Å²) in [4.78, 5) is 0. The van der Waals surface area contributed by atoms with Crippen LogP contribution in [0.2, 0.25) is 0 Å². The number of benzene rings is 1. The smallest absolute Gasteiger partial charge is 0.0693 e. The van der Waals surface area contributed by atoms with E-state index in [4.69, 9.17) is 11.6 Å². The fourth-order valence-corrected chi connectivity index (χ4v) is 2.71. The molecule has 0 aliphatic heterocycles. The Morgan fingerprint density at radius 3 is 2.73 bits per heavy atom. The van der Waals surface area contributed by atoms with E-state index in [9.17, 15) is 5.26 Å². The third kappa shape index (κ3) is 2.01. The maximum Gasteiger partial charge on any atom is 0.0693 e. The third-order valence-electron chi connectivity index (χ3n) is 3.33. The number of nitriles is 1. The summed E-state index contributed by atoms with van der Waals surface area (Å²) in [6, 6.07) is 10.9. The van der Waals surface area contributed by atoms with Gasteiger partial charge in [0.15, 0.2) is 0 Å². The molecule has 1 nitrogen and oxygen atoms in total. The van der Waals surface area contributed by atoms with Gasteiger partial charge in [0.2, 0.25) is 0 Å². The number of aryl methyl sites for hydroxylation is 1. The van der Waals surface area contributed by atoms with Gasteiger partial charge in [0, 0.05) is 5.88 Å². The molecule has 0 heterocycles. The lowest BCUT2D eigenvalue weighted by atomic mass is 9.71. The summed E-state index contributed by atoms with van der Waals surface area (Å²) in [7, 11) is 0. The summed E-state index contributed by atoms with van der Waals surface area (Å²) in [5.41, 5.74) is 2.52. The molecule has 15 heavy (non-hydrogen) atoms. The van der Waals surface area contributed by atoms with E-state index in [-0.39, 0.29) is 5.41 Å². The topological polar surface area (TPSA) is 23.8 Å². The van der Waals surface area contributed by atoms with Crippen LogP contribution in [0.4, 0.5) is 0 Å². The van der Waals surface area contributed by atoms with Crippen LogP contribution in [0.15, 0.2) is 24.3 Å². The monoisotopic (exact) mass is 219 g/mol. The molecule has 2 rings (SSSR count). The molecule has 1 aromatic carbocycles. The Morgan fingerprint density at radius 2 is 2.07 bits per heavy atom. The van der Waals surface area contributed by atoms with Gasteiger partial charge >= 0.3 is 0 Å². The highest BCUT2D eigenvalue weighted by Crippen LogP contribution is 2.37. The number of halogens is 1. The van der Waals surface area contributed by atoms with Gasteiger partial charge < -0.3 is 0 Å². The first kappa shape index (κ1) is 10.5. The first-order valence-electron chi connectivity index (χ1n) is 5.34. The Labute approximate surface area is 95.7 Å². The van der Waals surface area contributed by atoms with E-state index >= 15 is 0 Å². The highest BCUT2D eigenvalue weighted by molar-refractivity contribution is 6.17. The zero-order valence-corrected chi connectivity index (χ0v) is 9.43.